The van der Waals surface area contributed by atoms with E-state index in [0.717, 1.165) is 5.56 Å². The Morgan fingerprint density at radius 1 is 1.30 bits per heavy atom. The van der Waals surface area contributed by atoms with Gasteiger partial charge in [0.1, 0.15) is 11.4 Å². The molecular weight excluding hydrogens is 271 g/mol. The quantitative estimate of drug-likeness (QED) is 0.904. The average molecular weight is 283 g/mol. The number of nitrogens with one attached hydrogen (secondary N) is 1. The first kappa shape index (κ1) is 14.0. The highest BCUT2D eigenvalue weighted by molar-refractivity contribution is 5.48. The minimum atomic E-state index is -4.55. The molecule has 8 heteroatoms. The third-order valence-corrected chi connectivity index (χ3v) is 2.65. The summed E-state index contributed by atoms with van der Waals surface area (Å²) in [4.78, 5) is 11.1. The van der Waals surface area contributed by atoms with E-state index < -0.39 is 11.7 Å². The van der Waals surface area contributed by atoms with Gasteiger partial charge in [0.25, 0.3) is 0 Å². The lowest BCUT2D eigenvalue weighted by Crippen LogP contribution is -2.15. The predicted molar refractivity (Wildman–Crippen MR) is 67.7 cm³/mol. The Bertz CT molecular complexity index is 612. The average Bonchev–Trinajstić information content (AvgIpc) is 2.36. The first-order valence-corrected chi connectivity index (χ1v) is 5.72. The number of hydrogen-bond donors (Lipinski definition) is 2. The zero-order chi connectivity index (χ0) is 14.8. The SMILES string of the molecule is Cc1cccnc1CNc1nc(N)ncc1C(F)(F)F. The molecule has 0 saturated heterocycles. The van der Waals surface area contributed by atoms with Crippen molar-refractivity contribution in [3.8, 4) is 0 Å². The van der Waals surface area contributed by atoms with Crippen LogP contribution in [0.25, 0.3) is 0 Å². The molecular formula is C12H12F3N5. The van der Waals surface area contributed by atoms with Crippen molar-refractivity contribution < 1.29 is 13.2 Å². The standard InChI is InChI=1S/C12H12F3N5/c1-7-3-2-4-17-9(7)6-18-10-8(12(13,14)15)5-19-11(16)20-10/h2-5H,6H2,1H3,(H3,16,18,19,20). The third kappa shape index (κ3) is 3.14. The molecule has 2 aromatic rings. The third-order valence-electron chi connectivity index (χ3n) is 2.65. The molecule has 0 aromatic carbocycles. The summed E-state index contributed by atoms with van der Waals surface area (Å²) in [5, 5.41) is 2.60. The smallest absolute Gasteiger partial charge is 0.368 e. The summed E-state index contributed by atoms with van der Waals surface area (Å²) in [6.07, 6.45) is -2.31. The number of nitrogens with zero attached hydrogens (tertiary/aromatic N) is 3. The second-order valence-electron chi connectivity index (χ2n) is 4.11. The van der Waals surface area contributed by atoms with Crippen molar-refractivity contribution in [1.82, 2.24) is 15.0 Å². The fraction of sp³-hybridized carbons (Fsp3) is 0.250. The summed E-state index contributed by atoms with van der Waals surface area (Å²) >= 11 is 0. The Balaban J connectivity index is 2.25. The molecule has 0 spiro atoms. The van der Waals surface area contributed by atoms with E-state index in [4.69, 9.17) is 5.73 Å². The van der Waals surface area contributed by atoms with Gasteiger partial charge in [-0.25, -0.2) is 4.98 Å². The van der Waals surface area contributed by atoms with Crippen molar-refractivity contribution in [1.29, 1.82) is 0 Å². The lowest BCUT2D eigenvalue weighted by Gasteiger charge is -2.13. The Labute approximate surface area is 113 Å². The predicted octanol–water partition coefficient (Wildman–Crippen LogP) is 2.39. The molecule has 5 nitrogen and oxygen atoms in total. The first-order valence-electron chi connectivity index (χ1n) is 5.72. The Hall–Kier alpha value is -2.38. The summed E-state index contributed by atoms with van der Waals surface area (Å²) in [7, 11) is 0. The molecule has 0 bridgehead atoms. The molecule has 0 unspecified atom stereocenters. The molecule has 106 valence electrons. The number of aryl methyl sites for hydroxylation is 1. The summed E-state index contributed by atoms with van der Waals surface area (Å²) in [5.74, 6) is -0.576. The molecule has 0 aliphatic carbocycles. The number of pyridine rings is 1. The molecule has 0 aliphatic rings. The molecule has 20 heavy (non-hydrogen) atoms. The van der Waals surface area contributed by atoms with Crippen LogP contribution in [-0.4, -0.2) is 15.0 Å². The van der Waals surface area contributed by atoms with Crippen molar-refractivity contribution in [3.63, 3.8) is 0 Å². The van der Waals surface area contributed by atoms with Crippen LogP contribution in [0.15, 0.2) is 24.5 Å². The highest BCUT2D eigenvalue weighted by Crippen LogP contribution is 2.33. The zero-order valence-electron chi connectivity index (χ0n) is 10.6. The van der Waals surface area contributed by atoms with Crippen molar-refractivity contribution in [2.75, 3.05) is 11.1 Å². The van der Waals surface area contributed by atoms with Crippen molar-refractivity contribution in [3.05, 3.63) is 41.3 Å². The number of hydrogen-bond acceptors (Lipinski definition) is 5. The molecule has 3 N–H and O–H groups in total. The lowest BCUT2D eigenvalue weighted by molar-refractivity contribution is -0.137. The highest BCUT2D eigenvalue weighted by atomic mass is 19.4. The number of aromatic nitrogens is 3. The largest absolute Gasteiger partial charge is 0.421 e. The first-order chi connectivity index (χ1) is 9.38. The van der Waals surface area contributed by atoms with Gasteiger partial charge in [-0.1, -0.05) is 6.07 Å². The lowest BCUT2D eigenvalue weighted by atomic mass is 10.2. The topological polar surface area (TPSA) is 76.7 Å². The Morgan fingerprint density at radius 3 is 2.70 bits per heavy atom. The fourth-order valence-corrected chi connectivity index (χ4v) is 1.61. The van der Waals surface area contributed by atoms with Crippen LogP contribution in [0.1, 0.15) is 16.8 Å². The summed E-state index contributed by atoms with van der Waals surface area (Å²) in [6, 6.07) is 3.58. The van der Waals surface area contributed by atoms with Crippen LogP contribution in [0, 0.1) is 6.92 Å². The van der Waals surface area contributed by atoms with Gasteiger partial charge in [0.15, 0.2) is 0 Å². The highest BCUT2D eigenvalue weighted by Gasteiger charge is 2.35. The number of halogens is 3. The number of rotatable bonds is 3. The number of anilines is 2. The Kier molecular flexibility index (Phi) is 3.73. The van der Waals surface area contributed by atoms with Crippen LogP contribution >= 0.6 is 0 Å². The van der Waals surface area contributed by atoms with E-state index in [2.05, 4.69) is 20.3 Å². The van der Waals surface area contributed by atoms with E-state index in [1.54, 1.807) is 12.3 Å². The summed E-state index contributed by atoms with van der Waals surface area (Å²) in [5.41, 5.74) is 5.87. The van der Waals surface area contributed by atoms with Gasteiger partial charge in [0, 0.05) is 12.4 Å². The van der Waals surface area contributed by atoms with Crippen LogP contribution in [0.2, 0.25) is 0 Å². The van der Waals surface area contributed by atoms with Crippen LogP contribution in [0.4, 0.5) is 24.9 Å². The molecule has 0 radical (unpaired) electrons. The molecule has 0 saturated carbocycles. The van der Waals surface area contributed by atoms with E-state index in [-0.39, 0.29) is 18.3 Å². The van der Waals surface area contributed by atoms with E-state index in [9.17, 15) is 13.2 Å². The monoisotopic (exact) mass is 283 g/mol. The number of alkyl halides is 3. The minimum absolute atomic E-state index is 0.117. The van der Waals surface area contributed by atoms with Crippen LogP contribution in [0.3, 0.4) is 0 Å². The van der Waals surface area contributed by atoms with Crippen molar-refractivity contribution in [2.45, 2.75) is 19.6 Å². The second kappa shape index (κ2) is 5.32. The van der Waals surface area contributed by atoms with E-state index >= 15 is 0 Å². The maximum atomic E-state index is 12.8. The summed E-state index contributed by atoms with van der Waals surface area (Å²) in [6.45, 7) is 1.94. The maximum absolute atomic E-state index is 12.8. The van der Waals surface area contributed by atoms with Gasteiger partial charge in [-0.05, 0) is 18.6 Å². The Morgan fingerprint density at radius 2 is 2.05 bits per heavy atom. The van der Waals surface area contributed by atoms with E-state index in [1.165, 1.54) is 0 Å². The van der Waals surface area contributed by atoms with Crippen LogP contribution in [0.5, 0.6) is 0 Å². The van der Waals surface area contributed by atoms with Gasteiger partial charge in [0.05, 0.1) is 12.2 Å². The molecule has 2 heterocycles. The number of nitrogens with two attached hydrogens (primary N) is 1. The van der Waals surface area contributed by atoms with Crippen molar-refractivity contribution in [2.24, 2.45) is 0 Å². The molecule has 0 atom stereocenters. The normalized spacial score (nSPS) is 11.4. The second-order valence-corrected chi connectivity index (χ2v) is 4.11. The van der Waals surface area contributed by atoms with Crippen LogP contribution in [-0.2, 0) is 12.7 Å². The van der Waals surface area contributed by atoms with Gasteiger partial charge >= 0.3 is 6.18 Å². The van der Waals surface area contributed by atoms with E-state index in [1.807, 2.05) is 13.0 Å². The molecule has 0 fully saturated rings. The van der Waals surface area contributed by atoms with Gasteiger partial charge in [-0.2, -0.15) is 18.2 Å². The van der Waals surface area contributed by atoms with Gasteiger partial charge in [0.2, 0.25) is 5.95 Å². The van der Waals surface area contributed by atoms with Crippen LogP contribution < -0.4 is 11.1 Å². The van der Waals surface area contributed by atoms with Gasteiger partial charge < -0.3 is 11.1 Å². The van der Waals surface area contributed by atoms with Crippen molar-refractivity contribution >= 4 is 11.8 Å². The van der Waals surface area contributed by atoms with Gasteiger partial charge in [-0.15, -0.1) is 0 Å². The van der Waals surface area contributed by atoms with Gasteiger partial charge in [-0.3, -0.25) is 4.98 Å². The number of nitrogen functional groups attached to an aromatic ring is 1. The fourth-order valence-electron chi connectivity index (χ4n) is 1.61. The molecule has 2 aromatic heterocycles. The molecule has 0 amide bonds. The summed E-state index contributed by atoms with van der Waals surface area (Å²) < 4.78 is 38.4. The maximum Gasteiger partial charge on any atom is 0.421 e. The minimum Gasteiger partial charge on any atom is -0.368 e. The molecule has 0 aliphatic heterocycles. The molecule has 2 rings (SSSR count). The van der Waals surface area contributed by atoms with E-state index in [0.29, 0.717) is 11.9 Å². The zero-order valence-corrected chi connectivity index (χ0v) is 10.6.